The predicted molar refractivity (Wildman–Crippen MR) is 111 cm³/mol. The van der Waals surface area contributed by atoms with E-state index in [1.54, 1.807) is 18.2 Å². The Morgan fingerprint density at radius 2 is 1.85 bits per heavy atom. The summed E-state index contributed by atoms with van der Waals surface area (Å²) in [6, 6.07) is 14.9. The zero-order valence-corrected chi connectivity index (χ0v) is 16.6. The van der Waals surface area contributed by atoms with E-state index in [-0.39, 0.29) is 24.1 Å². The topological polar surface area (TPSA) is 67.4 Å². The Hall–Kier alpha value is -2.37. The molecule has 0 bridgehead atoms. The van der Waals surface area contributed by atoms with Gasteiger partial charge in [0.05, 0.1) is 6.61 Å². The van der Waals surface area contributed by atoms with Gasteiger partial charge in [0, 0.05) is 24.2 Å². The average molecular weight is 391 g/mol. The Bertz CT molecular complexity index is 750. The molecule has 27 heavy (non-hydrogen) atoms. The number of anilines is 1. The van der Waals surface area contributed by atoms with Gasteiger partial charge >= 0.3 is 0 Å². The highest BCUT2D eigenvalue weighted by Crippen LogP contribution is 2.16. The highest BCUT2D eigenvalue weighted by atomic mass is 35.5. The number of ether oxygens (including phenoxy) is 1. The van der Waals surface area contributed by atoms with Gasteiger partial charge in [-0.1, -0.05) is 37.3 Å². The number of ketones is 1. The first kappa shape index (κ1) is 22.7. The maximum Gasteiger partial charge on any atom is 0.224 e. The largest absolute Gasteiger partial charge is 0.494 e. The molecule has 0 radical (unpaired) electrons. The van der Waals surface area contributed by atoms with Gasteiger partial charge in [0.15, 0.2) is 5.78 Å². The fraction of sp³-hybridized carbons (Fsp3) is 0.333. The molecule has 2 aromatic rings. The van der Waals surface area contributed by atoms with Crippen molar-refractivity contribution in [3.05, 3.63) is 59.7 Å². The summed E-state index contributed by atoms with van der Waals surface area (Å²) >= 11 is 0. The van der Waals surface area contributed by atoms with Gasteiger partial charge < -0.3 is 15.4 Å². The molecule has 0 saturated heterocycles. The van der Waals surface area contributed by atoms with E-state index in [1.165, 1.54) is 6.92 Å². The number of hydrogen-bond acceptors (Lipinski definition) is 4. The van der Waals surface area contributed by atoms with Gasteiger partial charge in [-0.3, -0.25) is 9.59 Å². The Morgan fingerprint density at radius 3 is 2.59 bits per heavy atom. The lowest BCUT2D eigenvalue weighted by molar-refractivity contribution is -0.116. The Morgan fingerprint density at radius 1 is 1.07 bits per heavy atom. The smallest absolute Gasteiger partial charge is 0.224 e. The molecule has 0 aliphatic heterocycles. The van der Waals surface area contributed by atoms with Crippen LogP contribution in [-0.2, 0) is 11.3 Å². The quantitative estimate of drug-likeness (QED) is 0.471. The lowest BCUT2D eigenvalue weighted by Crippen LogP contribution is -2.17. The molecule has 0 atom stereocenters. The number of halogens is 1. The number of amides is 1. The molecule has 6 heteroatoms. The number of benzene rings is 2. The van der Waals surface area contributed by atoms with Crippen molar-refractivity contribution >= 4 is 29.8 Å². The maximum atomic E-state index is 12.2. The van der Waals surface area contributed by atoms with Crippen molar-refractivity contribution < 1.29 is 14.3 Å². The van der Waals surface area contributed by atoms with Crippen LogP contribution in [-0.4, -0.2) is 24.8 Å². The van der Waals surface area contributed by atoms with Crippen LogP contribution >= 0.6 is 12.4 Å². The van der Waals surface area contributed by atoms with E-state index in [1.807, 2.05) is 37.3 Å². The molecule has 0 saturated carbocycles. The van der Waals surface area contributed by atoms with Gasteiger partial charge in [0.25, 0.3) is 0 Å². The molecule has 0 spiro atoms. The fourth-order valence-electron chi connectivity index (χ4n) is 2.50. The summed E-state index contributed by atoms with van der Waals surface area (Å²) in [7, 11) is 0. The molecule has 0 fully saturated rings. The lowest BCUT2D eigenvalue weighted by atomic mass is 10.1. The second kappa shape index (κ2) is 12.1. The van der Waals surface area contributed by atoms with Gasteiger partial charge in [-0.15, -0.1) is 12.4 Å². The number of hydrogen-bond donors (Lipinski definition) is 2. The third-order valence-corrected chi connectivity index (χ3v) is 3.91. The van der Waals surface area contributed by atoms with Crippen LogP contribution in [0.2, 0.25) is 0 Å². The molecule has 5 nitrogen and oxygen atoms in total. The second-order valence-corrected chi connectivity index (χ2v) is 6.02. The van der Waals surface area contributed by atoms with Gasteiger partial charge in [0.2, 0.25) is 5.91 Å². The zero-order valence-electron chi connectivity index (χ0n) is 15.8. The number of carbonyl (C=O) groups excluding carboxylic acids is 2. The van der Waals surface area contributed by atoms with E-state index in [9.17, 15) is 9.59 Å². The summed E-state index contributed by atoms with van der Waals surface area (Å²) < 4.78 is 5.63. The van der Waals surface area contributed by atoms with E-state index >= 15 is 0 Å². The normalized spacial score (nSPS) is 10.0. The van der Waals surface area contributed by atoms with Crippen LogP contribution in [0.4, 0.5) is 5.69 Å². The van der Waals surface area contributed by atoms with E-state index in [4.69, 9.17) is 4.74 Å². The van der Waals surface area contributed by atoms with Crippen molar-refractivity contribution in [2.24, 2.45) is 0 Å². The second-order valence-electron chi connectivity index (χ2n) is 6.02. The predicted octanol–water partition coefficient (Wildman–Crippen LogP) is 4.22. The molecule has 2 aromatic carbocycles. The summed E-state index contributed by atoms with van der Waals surface area (Å²) in [5.74, 6) is 0.621. The van der Waals surface area contributed by atoms with Crippen molar-refractivity contribution in [3.8, 4) is 5.75 Å². The molecule has 0 aliphatic rings. The van der Waals surface area contributed by atoms with Crippen molar-refractivity contribution in [3.63, 3.8) is 0 Å². The van der Waals surface area contributed by atoms with Crippen LogP contribution in [0, 0.1) is 0 Å². The molecule has 0 heterocycles. The number of rotatable bonds is 10. The highest BCUT2D eigenvalue weighted by Gasteiger charge is 2.07. The van der Waals surface area contributed by atoms with Crippen LogP contribution in [0.3, 0.4) is 0 Å². The number of Topliss-reactive ketones (excluding diaryl/α,β-unsaturated/α-hetero) is 1. The molecule has 2 N–H and O–H groups in total. The number of nitrogens with one attached hydrogen (secondary N) is 2. The average Bonchev–Trinajstić information content (AvgIpc) is 2.65. The van der Waals surface area contributed by atoms with E-state index in [0.29, 0.717) is 30.8 Å². The van der Waals surface area contributed by atoms with Gasteiger partial charge in [-0.2, -0.15) is 0 Å². The van der Waals surface area contributed by atoms with Gasteiger partial charge in [0.1, 0.15) is 5.75 Å². The number of para-hydroxylation sites is 1. The maximum absolute atomic E-state index is 12.2. The highest BCUT2D eigenvalue weighted by molar-refractivity contribution is 5.94. The minimum atomic E-state index is -0.0324. The standard InChI is InChI=1S/C21H26N2O3.ClH/c1-3-22-15-18-8-4-5-11-20(18)23-21(25)12-7-13-26-19-10-6-9-17(14-19)16(2)24;/h4-6,8-11,14,22H,3,7,12-13,15H2,1-2H3,(H,23,25);1H. The third-order valence-electron chi connectivity index (χ3n) is 3.91. The fourth-order valence-corrected chi connectivity index (χ4v) is 2.50. The van der Waals surface area contributed by atoms with Gasteiger partial charge in [-0.05, 0) is 43.7 Å². The minimum Gasteiger partial charge on any atom is -0.494 e. The van der Waals surface area contributed by atoms with Crippen LogP contribution < -0.4 is 15.4 Å². The van der Waals surface area contributed by atoms with Gasteiger partial charge in [-0.25, -0.2) is 0 Å². The summed E-state index contributed by atoms with van der Waals surface area (Å²) in [5, 5.41) is 6.23. The van der Waals surface area contributed by atoms with Crippen LogP contribution in [0.25, 0.3) is 0 Å². The summed E-state index contributed by atoms with van der Waals surface area (Å²) in [4.78, 5) is 23.5. The molecule has 1 amide bonds. The molecule has 0 aliphatic carbocycles. The van der Waals surface area contributed by atoms with Crippen molar-refractivity contribution in [2.75, 3.05) is 18.5 Å². The lowest BCUT2D eigenvalue weighted by Gasteiger charge is -2.11. The molecule has 2 rings (SSSR count). The molecule has 0 unspecified atom stereocenters. The van der Waals surface area contributed by atoms with Crippen molar-refractivity contribution in [2.45, 2.75) is 33.2 Å². The van der Waals surface area contributed by atoms with E-state index < -0.39 is 0 Å². The van der Waals surface area contributed by atoms with Crippen LogP contribution in [0.1, 0.15) is 42.6 Å². The summed E-state index contributed by atoms with van der Waals surface area (Å²) in [6.07, 6.45) is 0.980. The van der Waals surface area contributed by atoms with Crippen LogP contribution in [0.15, 0.2) is 48.5 Å². The van der Waals surface area contributed by atoms with E-state index in [0.717, 1.165) is 24.3 Å². The first-order valence-corrected chi connectivity index (χ1v) is 8.92. The summed E-state index contributed by atoms with van der Waals surface area (Å²) in [6.45, 7) is 5.60. The Labute approximate surface area is 166 Å². The molecule has 146 valence electrons. The summed E-state index contributed by atoms with van der Waals surface area (Å²) in [5.41, 5.74) is 2.53. The van der Waals surface area contributed by atoms with Crippen molar-refractivity contribution in [1.82, 2.24) is 5.32 Å². The Balaban J connectivity index is 0.00000364. The van der Waals surface area contributed by atoms with Crippen LogP contribution in [0.5, 0.6) is 5.75 Å². The zero-order chi connectivity index (χ0) is 18.8. The number of carbonyl (C=O) groups is 2. The molecular weight excluding hydrogens is 364 g/mol. The monoisotopic (exact) mass is 390 g/mol. The molecular formula is C21H27ClN2O3. The first-order chi connectivity index (χ1) is 12.6. The van der Waals surface area contributed by atoms with E-state index in [2.05, 4.69) is 10.6 Å². The Kier molecular flexibility index (Phi) is 10.2. The van der Waals surface area contributed by atoms with Crippen molar-refractivity contribution in [1.29, 1.82) is 0 Å². The minimum absolute atomic E-state index is 0. The molecule has 0 aromatic heterocycles. The first-order valence-electron chi connectivity index (χ1n) is 8.92. The SMILES string of the molecule is CCNCc1ccccc1NC(=O)CCCOc1cccc(C(C)=O)c1.Cl. The third kappa shape index (κ3) is 7.81.